The van der Waals surface area contributed by atoms with Crippen LogP contribution >= 0.6 is 11.6 Å². The third-order valence-electron chi connectivity index (χ3n) is 3.16. The first-order valence-corrected chi connectivity index (χ1v) is 7.42. The molecule has 2 aromatic rings. The van der Waals surface area contributed by atoms with Crippen molar-refractivity contribution in [2.75, 3.05) is 11.9 Å². The van der Waals surface area contributed by atoms with E-state index in [4.69, 9.17) is 21.6 Å². The van der Waals surface area contributed by atoms with Crippen LogP contribution in [0.15, 0.2) is 42.5 Å². The number of nitriles is 1. The minimum Gasteiger partial charge on any atom is -0.452 e. The molecule has 2 aromatic carbocycles. The number of esters is 1. The Kier molecular flexibility index (Phi) is 5.85. The molecule has 0 spiro atoms. The fourth-order valence-corrected chi connectivity index (χ4v) is 2.09. The first-order valence-electron chi connectivity index (χ1n) is 7.04. The van der Waals surface area contributed by atoms with Gasteiger partial charge in [-0.15, -0.1) is 0 Å². The Bertz CT molecular complexity index is 874. The minimum atomic E-state index is -4.52. The third kappa shape index (κ3) is 4.97. The van der Waals surface area contributed by atoms with E-state index in [9.17, 15) is 22.8 Å². The molecule has 2 rings (SSSR count). The van der Waals surface area contributed by atoms with Crippen LogP contribution in [-0.2, 0) is 15.7 Å². The van der Waals surface area contributed by atoms with Crippen LogP contribution in [0, 0.1) is 11.3 Å². The monoisotopic (exact) mass is 382 g/mol. The Morgan fingerprint density at radius 1 is 1.15 bits per heavy atom. The van der Waals surface area contributed by atoms with Crippen LogP contribution in [0.4, 0.5) is 18.9 Å². The van der Waals surface area contributed by atoms with Crippen LogP contribution in [0.1, 0.15) is 21.5 Å². The van der Waals surface area contributed by atoms with E-state index in [-0.39, 0.29) is 16.8 Å². The van der Waals surface area contributed by atoms with Crippen LogP contribution in [0.2, 0.25) is 5.02 Å². The lowest BCUT2D eigenvalue weighted by Gasteiger charge is -2.09. The summed E-state index contributed by atoms with van der Waals surface area (Å²) in [5.74, 6) is -1.69. The maximum Gasteiger partial charge on any atom is 0.416 e. The highest BCUT2D eigenvalue weighted by Crippen LogP contribution is 2.29. The number of nitrogens with zero attached hydrogens (tertiary/aromatic N) is 1. The van der Waals surface area contributed by atoms with Crippen molar-refractivity contribution < 1.29 is 27.5 Å². The lowest BCUT2D eigenvalue weighted by Crippen LogP contribution is -2.21. The second-order valence-corrected chi connectivity index (χ2v) is 5.44. The van der Waals surface area contributed by atoms with E-state index >= 15 is 0 Å². The van der Waals surface area contributed by atoms with Crippen molar-refractivity contribution in [3.05, 3.63) is 64.2 Å². The topological polar surface area (TPSA) is 79.2 Å². The minimum absolute atomic E-state index is 0.133. The molecule has 1 amide bonds. The average molecular weight is 383 g/mol. The SMILES string of the molecule is N#Cc1ccc(Cl)cc1NC(=O)COC(=O)c1ccc(C(F)(F)F)cc1. The molecule has 0 saturated carbocycles. The molecule has 0 aliphatic carbocycles. The molecule has 0 fully saturated rings. The quantitative estimate of drug-likeness (QED) is 0.810. The number of carbonyl (C=O) groups is 2. The van der Waals surface area contributed by atoms with E-state index in [2.05, 4.69) is 5.32 Å². The number of benzene rings is 2. The second-order valence-electron chi connectivity index (χ2n) is 5.00. The van der Waals surface area contributed by atoms with E-state index in [0.29, 0.717) is 5.02 Å². The molecule has 0 aliphatic heterocycles. The highest BCUT2D eigenvalue weighted by molar-refractivity contribution is 6.31. The fourth-order valence-electron chi connectivity index (χ4n) is 1.91. The number of amides is 1. The molecular weight excluding hydrogens is 373 g/mol. The van der Waals surface area contributed by atoms with Crippen LogP contribution in [0.5, 0.6) is 0 Å². The van der Waals surface area contributed by atoms with Crippen molar-refractivity contribution in [2.24, 2.45) is 0 Å². The molecule has 9 heteroatoms. The van der Waals surface area contributed by atoms with Gasteiger partial charge in [-0.25, -0.2) is 4.79 Å². The molecule has 0 bridgehead atoms. The molecule has 1 N–H and O–H groups in total. The van der Waals surface area contributed by atoms with Gasteiger partial charge < -0.3 is 10.1 Å². The summed E-state index contributed by atoms with van der Waals surface area (Å²) in [4.78, 5) is 23.6. The van der Waals surface area contributed by atoms with Crippen molar-refractivity contribution in [1.29, 1.82) is 5.26 Å². The van der Waals surface area contributed by atoms with Crippen molar-refractivity contribution in [3.63, 3.8) is 0 Å². The maximum atomic E-state index is 12.5. The van der Waals surface area contributed by atoms with Gasteiger partial charge >= 0.3 is 12.1 Å². The van der Waals surface area contributed by atoms with Crippen LogP contribution in [0.3, 0.4) is 0 Å². The molecule has 0 aliphatic rings. The Balaban J connectivity index is 1.96. The highest BCUT2D eigenvalue weighted by atomic mass is 35.5. The first-order chi connectivity index (χ1) is 12.2. The lowest BCUT2D eigenvalue weighted by molar-refractivity contribution is -0.137. The average Bonchev–Trinajstić information content (AvgIpc) is 2.59. The summed E-state index contributed by atoms with van der Waals surface area (Å²) < 4.78 is 42.2. The standard InChI is InChI=1S/C17H10ClF3N2O3/c18-13-6-3-11(8-22)14(7-13)23-15(24)9-26-16(25)10-1-4-12(5-2-10)17(19,20)21/h1-7H,9H2,(H,23,24). The summed E-state index contributed by atoms with van der Waals surface area (Å²) in [6, 6.07) is 9.48. The number of ether oxygens (including phenoxy) is 1. The summed E-state index contributed by atoms with van der Waals surface area (Å²) in [5, 5.41) is 11.6. The molecule has 0 saturated heterocycles. The second kappa shape index (κ2) is 7.89. The van der Waals surface area contributed by atoms with Gasteiger partial charge in [0.1, 0.15) is 6.07 Å². The molecule has 5 nitrogen and oxygen atoms in total. The number of halogens is 4. The van der Waals surface area contributed by atoms with Crippen molar-refractivity contribution in [3.8, 4) is 6.07 Å². The zero-order valence-corrected chi connectivity index (χ0v) is 13.7. The molecule has 0 heterocycles. The summed E-state index contributed by atoms with van der Waals surface area (Å²) in [6.45, 7) is -0.683. The molecule has 0 unspecified atom stereocenters. The van der Waals surface area contributed by atoms with Crippen LogP contribution in [-0.4, -0.2) is 18.5 Å². The summed E-state index contributed by atoms with van der Waals surface area (Å²) >= 11 is 5.78. The fraction of sp³-hybridized carbons (Fsp3) is 0.118. The van der Waals surface area contributed by atoms with E-state index in [1.165, 1.54) is 18.2 Å². The Morgan fingerprint density at radius 2 is 1.81 bits per heavy atom. The Hall–Kier alpha value is -3.05. The number of hydrogen-bond donors (Lipinski definition) is 1. The number of alkyl halides is 3. The lowest BCUT2D eigenvalue weighted by atomic mass is 10.1. The number of nitrogens with one attached hydrogen (secondary N) is 1. The summed E-state index contributed by atoms with van der Waals surface area (Å²) in [7, 11) is 0. The molecule has 0 radical (unpaired) electrons. The Morgan fingerprint density at radius 3 is 2.38 bits per heavy atom. The van der Waals surface area contributed by atoms with Gasteiger partial charge in [0.25, 0.3) is 5.91 Å². The van der Waals surface area contributed by atoms with Crippen molar-refractivity contribution in [1.82, 2.24) is 0 Å². The Labute approximate surface area is 150 Å². The van der Waals surface area contributed by atoms with Crippen molar-refractivity contribution in [2.45, 2.75) is 6.18 Å². The van der Waals surface area contributed by atoms with Gasteiger partial charge in [-0.05, 0) is 42.5 Å². The first kappa shape index (κ1) is 19.3. The van der Waals surface area contributed by atoms with Gasteiger partial charge in [0.15, 0.2) is 6.61 Å². The van der Waals surface area contributed by atoms with E-state index in [1.807, 2.05) is 6.07 Å². The maximum absolute atomic E-state index is 12.5. The predicted molar refractivity (Wildman–Crippen MR) is 86.5 cm³/mol. The summed E-state index contributed by atoms with van der Waals surface area (Å²) in [5.41, 5.74) is -0.726. The number of rotatable bonds is 4. The number of anilines is 1. The van der Waals surface area contributed by atoms with Crippen LogP contribution in [0.25, 0.3) is 0 Å². The number of carbonyl (C=O) groups excluding carboxylic acids is 2. The number of hydrogen-bond acceptors (Lipinski definition) is 4. The van der Waals surface area contributed by atoms with Gasteiger partial charge in [-0.1, -0.05) is 11.6 Å². The van der Waals surface area contributed by atoms with Gasteiger partial charge in [-0.3, -0.25) is 4.79 Å². The van der Waals surface area contributed by atoms with Gasteiger partial charge in [-0.2, -0.15) is 18.4 Å². The molecule has 0 aromatic heterocycles. The van der Waals surface area contributed by atoms with Gasteiger partial charge in [0, 0.05) is 5.02 Å². The summed E-state index contributed by atoms with van der Waals surface area (Å²) in [6.07, 6.45) is -4.52. The molecule has 0 atom stereocenters. The smallest absolute Gasteiger partial charge is 0.416 e. The zero-order valence-electron chi connectivity index (χ0n) is 12.9. The predicted octanol–water partition coefficient (Wildman–Crippen LogP) is 4.03. The van der Waals surface area contributed by atoms with Gasteiger partial charge in [0.05, 0.1) is 22.4 Å². The highest BCUT2D eigenvalue weighted by Gasteiger charge is 2.30. The van der Waals surface area contributed by atoms with Crippen molar-refractivity contribution >= 4 is 29.2 Å². The third-order valence-corrected chi connectivity index (χ3v) is 3.39. The van der Waals surface area contributed by atoms with Gasteiger partial charge in [0.2, 0.25) is 0 Å². The molecule has 26 heavy (non-hydrogen) atoms. The van der Waals surface area contributed by atoms with E-state index < -0.39 is 30.2 Å². The zero-order chi connectivity index (χ0) is 19.3. The molecular formula is C17H10ClF3N2O3. The van der Waals surface area contributed by atoms with Crippen LogP contribution < -0.4 is 5.32 Å². The van der Waals surface area contributed by atoms with E-state index in [0.717, 1.165) is 24.3 Å². The molecule has 134 valence electrons. The largest absolute Gasteiger partial charge is 0.452 e. The van der Waals surface area contributed by atoms with E-state index in [1.54, 1.807) is 0 Å². The normalized spacial score (nSPS) is 10.7.